The van der Waals surface area contributed by atoms with Crippen LogP contribution in [0.15, 0.2) is 29.3 Å². The van der Waals surface area contributed by atoms with Crippen LogP contribution in [0.5, 0.6) is 0 Å². The van der Waals surface area contributed by atoms with Crippen LogP contribution in [0.2, 0.25) is 0 Å². The topological polar surface area (TPSA) is 51.1 Å². The highest BCUT2D eigenvalue weighted by Crippen LogP contribution is 2.13. The van der Waals surface area contributed by atoms with Crippen LogP contribution in [-0.4, -0.2) is 48.7 Å². The number of carbonyl (C=O) groups excluding carboxylic acids is 1. The molecule has 1 fully saturated rings. The van der Waals surface area contributed by atoms with E-state index in [1.54, 1.807) is 0 Å². The van der Waals surface area contributed by atoms with E-state index in [0.717, 1.165) is 18.7 Å². The molecule has 0 aliphatic carbocycles. The Kier molecular flexibility index (Phi) is 5.19. The minimum absolute atomic E-state index is 0.552. The molecule has 1 heterocycles. The number of hydrogen-bond acceptors (Lipinski definition) is 3. The van der Waals surface area contributed by atoms with Crippen molar-refractivity contribution in [2.75, 3.05) is 26.3 Å². The van der Waals surface area contributed by atoms with E-state index >= 15 is 0 Å². The average Bonchev–Trinajstić information content (AvgIpc) is 2.45. The Labute approximate surface area is 131 Å². The molecule has 0 aromatic heterocycles. The van der Waals surface area contributed by atoms with Crippen molar-refractivity contribution in [3.05, 3.63) is 35.4 Å². The lowest BCUT2D eigenvalue weighted by molar-refractivity contribution is 0.0578. The van der Waals surface area contributed by atoms with Gasteiger partial charge in [-0.05, 0) is 27.7 Å². The molecule has 1 aromatic rings. The smallest absolute Gasteiger partial charge is 0.436 e. The summed E-state index contributed by atoms with van der Waals surface area (Å²) in [5, 5.41) is 0. The molecule has 22 heavy (non-hydrogen) atoms. The number of nitrogens with zero attached hydrogens (tertiary/aromatic N) is 2. The molecule has 2 rings (SSSR count). The SMILES string of the molecule is Cc1ccc(/C(=N\C(=O)OC(C)(C)C)N2CCOCC2)cc1. The summed E-state index contributed by atoms with van der Waals surface area (Å²) in [5.41, 5.74) is 1.53. The summed E-state index contributed by atoms with van der Waals surface area (Å²) in [5.74, 6) is 0.651. The van der Waals surface area contributed by atoms with E-state index in [2.05, 4.69) is 9.89 Å². The van der Waals surface area contributed by atoms with Crippen LogP contribution in [0, 0.1) is 6.92 Å². The number of rotatable bonds is 1. The lowest BCUT2D eigenvalue weighted by Gasteiger charge is -2.30. The van der Waals surface area contributed by atoms with E-state index in [1.807, 2.05) is 52.0 Å². The Bertz CT molecular complexity index is 538. The molecule has 1 amide bonds. The molecular formula is C17H24N2O3. The molecule has 0 atom stereocenters. The monoisotopic (exact) mass is 304 g/mol. The Morgan fingerprint density at radius 1 is 1.18 bits per heavy atom. The molecule has 120 valence electrons. The van der Waals surface area contributed by atoms with Crippen LogP contribution in [0.1, 0.15) is 31.9 Å². The molecule has 0 unspecified atom stereocenters. The quantitative estimate of drug-likeness (QED) is 0.591. The molecule has 0 saturated carbocycles. The van der Waals surface area contributed by atoms with Crippen molar-refractivity contribution in [1.82, 2.24) is 4.90 Å². The third kappa shape index (κ3) is 4.84. The summed E-state index contributed by atoms with van der Waals surface area (Å²) in [7, 11) is 0. The van der Waals surface area contributed by atoms with Crippen LogP contribution < -0.4 is 0 Å². The second kappa shape index (κ2) is 6.92. The lowest BCUT2D eigenvalue weighted by Crippen LogP contribution is -2.41. The molecule has 1 aliphatic rings. The van der Waals surface area contributed by atoms with Crippen molar-refractivity contribution < 1.29 is 14.3 Å². The summed E-state index contributed by atoms with van der Waals surface area (Å²) >= 11 is 0. The highest BCUT2D eigenvalue weighted by Gasteiger charge is 2.21. The highest BCUT2D eigenvalue weighted by atomic mass is 16.6. The maximum absolute atomic E-state index is 12.1. The molecular weight excluding hydrogens is 280 g/mol. The zero-order valence-electron chi connectivity index (χ0n) is 13.8. The van der Waals surface area contributed by atoms with Gasteiger partial charge in [0.15, 0.2) is 0 Å². The number of ether oxygens (including phenoxy) is 2. The minimum atomic E-state index is -0.561. The molecule has 5 heteroatoms. The van der Waals surface area contributed by atoms with Crippen LogP contribution >= 0.6 is 0 Å². The zero-order valence-corrected chi connectivity index (χ0v) is 13.8. The first kappa shape index (κ1) is 16.5. The van der Waals surface area contributed by atoms with Gasteiger partial charge in [-0.1, -0.05) is 29.8 Å². The van der Waals surface area contributed by atoms with Crippen molar-refractivity contribution in [2.45, 2.75) is 33.3 Å². The fourth-order valence-electron chi connectivity index (χ4n) is 2.17. The first-order valence-electron chi connectivity index (χ1n) is 7.56. The number of aryl methyl sites for hydroxylation is 1. The van der Waals surface area contributed by atoms with Gasteiger partial charge < -0.3 is 14.4 Å². The largest absolute Gasteiger partial charge is 0.442 e. The van der Waals surface area contributed by atoms with E-state index in [4.69, 9.17) is 9.47 Å². The fraction of sp³-hybridized carbons (Fsp3) is 0.529. The molecule has 0 N–H and O–H groups in total. The maximum Gasteiger partial charge on any atom is 0.436 e. The van der Waals surface area contributed by atoms with Crippen molar-refractivity contribution in [3.63, 3.8) is 0 Å². The van der Waals surface area contributed by atoms with Crippen molar-refractivity contribution in [3.8, 4) is 0 Å². The van der Waals surface area contributed by atoms with Gasteiger partial charge in [0.25, 0.3) is 0 Å². The van der Waals surface area contributed by atoms with Gasteiger partial charge in [-0.2, -0.15) is 4.99 Å². The van der Waals surface area contributed by atoms with Crippen molar-refractivity contribution in [2.24, 2.45) is 4.99 Å². The Balaban J connectivity index is 2.28. The number of amides is 1. The van der Waals surface area contributed by atoms with E-state index in [-0.39, 0.29) is 0 Å². The Hall–Kier alpha value is -1.88. The second-order valence-electron chi connectivity index (χ2n) is 6.38. The number of benzene rings is 1. The Morgan fingerprint density at radius 2 is 1.77 bits per heavy atom. The molecule has 5 nitrogen and oxygen atoms in total. The number of amidine groups is 1. The summed E-state index contributed by atoms with van der Waals surface area (Å²) in [6, 6.07) is 7.99. The lowest BCUT2D eigenvalue weighted by atomic mass is 10.1. The van der Waals surface area contributed by atoms with Crippen molar-refractivity contribution in [1.29, 1.82) is 0 Å². The number of aliphatic imine (C=N–C) groups is 1. The number of carbonyl (C=O) groups is 1. The van der Waals surface area contributed by atoms with Gasteiger partial charge in [0.1, 0.15) is 11.4 Å². The molecule has 1 aliphatic heterocycles. The summed E-state index contributed by atoms with van der Waals surface area (Å²) in [6.07, 6.45) is -0.561. The van der Waals surface area contributed by atoms with E-state index in [1.165, 1.54) is 5.56 Å². The molecule has 0 radical (unpaired) electrons. The van der Waals surface area contributed by atoms with Crippen LogP contribution in [-0.2, 0) is 9.47 Å². The average molecular weight is 304 g/mol. The predicted molar refractivity (Wildman–Crippen MR) is 86.3 cm³/mol. The van der Waals surface area contributed by atoms with Gasteiger partial charge in [0.05, 0.1) is 13.2 Å². The third-order valence-electron chi connectivity index (χ3n) is 3.21. The number of hydrogen-bond donors (Lipinski definition) is 0. The molecule has 1 saturated heterocycles. The van der Waals surface area contributed by atoms with Gasteiger partial charge in [-0.25, -0.2) is 4.79 Å². The summed E-state index contributed by atoms with van der Waals surface area (Å²) in [4.78, 5) is 18.4. The first-order chi connectivity index (χ1) is 10.3. The standard InChI is InChI=1S/C17H24N2O3/c1-13-5-7-14(8-6-13)15(19-9-11-21-12-10-19)18-16(20)22-17(2,3)4/h5-8H,9-12H2,1-4H3/b18-15+. The van der Waals surface area contributed by atoms with E-state index in [0.29, 0.717) is 19.0 Å². The van der Waals surface area contributed by atoms with Gasteiger partial charge in [0.2, 0.25) is 0 Å². The predicted octanol–water partition coefficient (Wildman–Crippen LogP) is 3.01. The summed E-state index contributed by atoms with van der Waals surface area (Å²) < 4.78 is 10.7. The highest BCUT2D eigenvalue weighted by molar-refractivity contribution is 6.03. The zero-order chi connectivity index (χ0) is 16.2. The summed E-state index contributed by atoms with van der Waals surface area (Å²) in [6.45, 7) is 10.2. The first-order valence-corrected chi connectivity index (χ1v) is 7.56. The van der Waals surface area contributed by atoms with Gasteiger partial charge in [-0.15, -0.1) is 0 Å². The normalized spacial score (nSPS) is 16.5. The van der Waals surface area contributed by atoms with E-state index < -0.39 is 11.7 Å². The Morgan fingerprint density at radius 3 is 2.32 bits per heavy atom. The minimum Gasteiger partial charge on any atom is -0.442 e. The molecule has 1 aromatic carbocycles. The molecule has 0 bridgehead atoms. The second-order valence-corrected chi connectivity index (χ2v) is 6.38. The van der Waals surface area contributed by atoms with Crippen LogP contribution in [0.4, 0.5) is 4.79 Å². The maximum atomic E-state index is 12.1. The van der Waals surface area contributed by atoms with E-state index in [9.17, 15) is 4.79 Å². The van der Waals surface area contributed by atoms with Crippen molar-refractivity contribution >= 4 is 11.9 Å². The van der Waals surface area contributed by atoms with Gasteiger partial charge in [-0.3, -0.25) is 0 Å². The molecule has 0 spiro atoms. The van der Waals surface area contributed by atoms with Crippen LogP contribution in [0.25, 0.3) is 0 Å². The van der Waals surface area contributed by atoms with Gasteiger partial charge in [0, 0.05) is 18.7 Å². The van der Waals surface area contributed by atoms with Crippen LogP contribution in [0.3, 0.4) is 0 Å². The fourth-order valence-corrected chi connectivity index (χ4v) is 2.17. The third-order valence-corrected chi connectivity index (χ3v) is 3.21. The van der Waals surface area contributed by atoms with Gasteiger partial charge >= 0.3 is 6.09 Å². The number of morpholine rings is 1.